The third kappa shape index (κ3) is 3.00. The van der Waals surface area contributed by atoms with Crippen LogP contribution in [-0.4, -0.2) is 17.2 Å². The van der Waals surface area contributed by atoms with Gasteiger partial charge in [0.05, 0.1) is 10.5 Å². The maximum Gasteiger partial charge on any atom is 0.416 e. The molecule has 1 aliphatic heterocycles. The predicted octanol–water partition coefficient (Wildman–Crippen LogP) is 4.22. The average Bonchev–Trinajstić information content (AvgIpc) is 2.33. The molecule has 0 bridgehead atoms. The molecule has 20 heavy (non-hydrogen) atoms. The number of hydrogen-bond donors (Lipinski definition) is 1. The SMILES string of the molecule is CC1SCCCNc2c1cc(C(F)(F)F)cc2[N+](=O)[O-]. The van der Waals surface area contributed by atoms with E-state index < -0.39 is 22.4 Å². The molecule has 0 radical (unpaired) electrons. The Bertz CT molecular complexity index is 534. The Balaban J connectivity index is 2.64. The van der Waals surface area contributed by atoms with E-state index in [1.165, 1.54) is 11.8 Å². The number of nitrogens with zero attached hydrogens (tertiary/aromatic N) is 1. The molecule has 1 atom stereocenters. The number of thioether (sulfide) groups is 1. The van der Waals surface area contributed by atoms with Gasteiger partial charge in [-0.3, -0.25) is 10.1 Å². The topological polar surface area (TPSA) is 55.2 Å². The molecule has 0 saturated carbocycles. The van der Waals surface area contributed by atoms with Gasteiger partial charge in [0, 0.05) is 17.9 Å². The molecule has 0 spiro atoms. The van der Waals surface area contributed by atoms with E-state index in [1.807, 2.05) is 0 Å². The summed E-state index contributed by atoms with van der Waals surface area (Å²) < 4.78 is 38.6. The fourth-order valence-electron chi connectivity index (χ4n) is 2.11. The van der Waals surface area contributed by atoms with Crippen LogP contribution >= 0.6 is 11.8 Å². The van der Waals surface area contributed by atoms with E-state index in [-0.39, 0.29) is 10.9 Å². The number of fused-ring (bicyclic) bond motifs is 1. The molecule has 8 heteroatoms. The molecule has 1 heterocycles. The molecule has 0 fully saturated rings. The van der Waals surface area contributed by atoms with E-state index in [0.29, 0.717) is 18.2 Å². The van der Waals surface area contributed by atoms with Crippen molar-refractivity contribution in [2.24, 2.45) is 0 Å². The highest BCUT2D eigenvalue weighted by atomic mass is 32.2. The van der Waals surface area contributed by atoms with Gasteiger partial charge in [0.25, 0.3) is 5.69 Å². The van der Waals surface area contributed by atoms with Crippen molar-refractivity contribution in [1.29, 1.82) is 0 Å². The Kier molecular flexibility index (Phi) is 4.12. The summed E-state index contributed by atoms with van der Waals surface area (Å²) in [5.41, 5.74) is -0.930. The maximum absolute atomic E-state index is 12.9. The van der Waals surface area contributed by atoms with E-state index in [0.717, 1.165) is 18.2 Å². The second-order valence-electron chi connectivity index (χ2n) is 4.51. The summed E-state index contributed by atoms with van der Waals surface area (Å²) >= 11 is 1.50. The van der Waals surface area contributed by atoms with Crippen LogP contribution in [0.25, 0.3) is 0 Å². The number of nitrogens with one attached hydrogen (secondary N) is 1. The van der Waals surface area contributed by atoms with Gasteiger partial charge in [-0.2, -0.15) is 24.9 Å². The zero-order chi connectivity index (χ0) is 14.9. The van der Waals surface area contributed by atoms with Crippen molar-refractivity contribution in [1.82, 2.24) is 0 Å². The van der Waals surface area contributed by atoms with Gasteiger partial charge < -0.3 is 5.32 Å². The highest BCUT2D eigenvalue weighted by Gasteiger charge is 2.35. The summed E-state index contributed by atoms with van der Waals surface area (Å²) in [4.78, 5) is 10.3. The van der Waals surface area contributed by atoms with Crippen LogP contribution in [0, 0.1) is 10.1 Å². The second-order valence-corrected chi connectivity index (χ2v) is 5.96. The van der Waals surface area contributed by atoms with Crippen molar-refractivity contribution >= 4 is 23.1 Å². The zero-order valence-electron chi connectivity index (χ0n) is 10.7. The Hall–Kier alpha value is -1.44. The number of nitro groups is 1. The van der Waals surface area contributed by atoms with Crippen molar-refractivity contribution in [2.75, 3.05) is 17.6 Å². The van der Waals surface area contributed by atoms with Crippen LogP contribution in [0.5, 0.6) is 0 Å². The molecular weight excluding hydrogens is 293 g/mol. The summed E-state index contributed by atoms with van der Waals surface area (Å²) in [6, 6.07) is 1.61. The number of rotatable bonds is 1. The smallest absolute Gasteiger partial charge is 0.379 e. The Labute approximate surface area is 117 Å². The van der Waals surface area contributed by atoms with Gasteiger partial charge >= 0.3 is 6.18 Å². The number of hydrogen-bond acceptors (Lipinski definition) is 4. The minimum Gasteiger partial charge on any atom is -0.379 e. The van der Waals surface area contributed by atoms with Gasteiger partial charge in [-0.25, -0.2) is 0 Å². The normalized spacial score (nSPS) is 19.5. The fourth-order valence-corrected chi connectivity index (χ4v) is 3.14. The minimum absolute atomic E-state index is 0.211. The van der Waals surface area contributed by atoms with Crippen LogP contribution in [0.1, 0.15) is 29.7 Å². The van der Waals surface area contributed by atoms with Crippen LogP contribution in [0.2, 0.25) is 0 Å². The van der Waals surface area contributed by atoms with Crippen molar-refractivity contribution in [3.63, 3.8) is 0 Å². The number of alkyl halides is 3. The van der Waals surface area contributed by atoms with Crippen LogP contribution < -0.4 is 5.32 Å². The summed E-state index contributed by atoms with van der Waals surface area (Å²) in [6.07, 6.45) is -3.78. The van der Waals surface area contributed by atoms with E-state index >= 15 is 0 Å². The lowest BCUT2D eigenvalue weighted by molar-refractivity contribution is -0.384. The number of halogens is 3. The molecule has 2 rings (SSSR count). The summed E-state index contributed by atoms with van der Waals surface area (Å²) in [5, 5.41) is 13.7. The largest absolute Gasteiger partial charge is 0.416 e. The van der Waals surface area contributed by atoms with Gasteiger partial charge in [-0.1, -0.05) is 0 Å². The summed E-state index contributed by atoms with van der Waals surface area (Å²) in [7, 11) is 0. The van der Waals surface area contributed by atoms with Crippen LogP contribution in [0.4, 0.5) is 24.5 Å². The van der Waals surface area contributed by atoms with Gasteiger partial charge in [0.15, 0.2) is 0 Å². The van der Waals surface area contributed by atoms with Crippen LogP contribution in [-0.2, 0) is 6.18 Å². The standard InChI is InChI=1S/C12H13F3N2O2S/c1-7-9-5-8(12(13,14)15)6-10(17(18)19)11(9)16-3-2-4-20-7/h5-7,16H,2-4H2,1H3. The van der Waals surface area contributed by atoms with Crippen LogP contribution in [0.15, 0.2) is 12.1 Å². The quantitative estimate of drug-likeness (QED) is 0.623. The summed E-state index contributed by atoms with van der Waals surface area (Å²) in [5.74, 6) is 0.803. The highest BCUT2D eigenvalue weighted by Crippen LogP contribution is 2.43. The first kappa shape index (κ1) is 15.0. The molecule has 0 amide bonds. The predicted molar refractivity (Wildman–Crippen MR) is 72.1 cm³/mol. The lowest BCUT2D eigenvalue weighted by Crippen LogP contribution is -2.14. The third-order valence-electron chi connectivity index (χ3n) is 3.10. The first-order valence-electron chi connectivity index (χ1n) is 6.05. The average molecular weight is 306 g/mol. The molecular formula is C12H13F3N2O2S. The molecule has 1 aliphatic rings. The Morgan fingerprint density at radius 1 is 1.45 bits per heavy atom. The van der Waals surface area contributed by atoms with Gasteiger partial charge in [0.2, 0.25) is 0 Å². The molecule has 1 aromatic carbocycles. The fraction of sp³-hybridized carbons (Fsp3) is 0.500. The van der Waals surface area contributed by atoms with E-state index in [4.69, 9.17) is 0 Å². The second kappa shape index (κ2) is 5.51. The minimum atomic E-state index is -4.59. The monoisotopic (exact) mass is 306 g/mol. The van der Waals surface area contributed by atoms with Gasteiger partial charge in [-0.15, -0.1) is 0 Å². The molecule has 0 aromatic heterocycles. The first-order valence-corrected chi connectivity index (χ1v) is 7.10. The first-order chi connectivity index (χ1) is 9.30. The highest BCUT2D eigenvalue weighted by molar-refractivity contribution is 7.99. The number of anilines is 1. The molecule has 4 nitrogen and oxygen atoms in total. The van der Waals surface area contributed by atoms with E-state index in [9.17, 15) is 23.3 Å². The Morgan fingerprint density at radius 2 is 2.15 bits per heavy atom. The molecule has 1 unspecified atom stereocenters. The lowest BCUT2D eigenvalue weighted by Gasteiger charge is -2.22. The zero-order valence-corrected chi connectivity index (χ0v) is 11.5. The Morgan fingerprint density at radius 3 is 2.75 bits per heavy atom. The van der Waals surface area contributed by atoms with Crippen molar-refractivity contribution in [3.8, 4) is 0 Å². The molecule has 0 aliphatic carbocycles. The number of nitro benzene ring substituents is 1. The molecule has 0 saturated heterocycles. The molecule has 1 N–H and O–H groups in total. The van der Waals surface area contributed by atoms with Gasteiger partial charge in [0.1, 0.15) is 5.69 Å². The maximum atomic E-state index is 12.9. The summed E-state index contributed by atoms with van der Waals surface area (Å²) in [6.45, 7) is 2.28. The van der Waals surface area contributed by atoms with Crippen molar-refractivity contribution < 1.29 is 18.1 Å². The molecule has 110 valence electrons. The third-order valence-corrected chi connectivity index (χ3v) is 4.38. The van der Waals surface area contributed by atoms with E-state index in [1.54, 1.807) is 6.92 Å². The van der Waals surface area contributed by atoms with Crippen molar-refractivity contribution in [2.45, 2.75) is 24.8 Å². The van der Waals surface area contributed by atoms with E-state index in [2.05, 4.69) is 5.32 Å². The number of benzene rings is 1. The van der Waals surface area contributed by atoms with Crippen molar-refractivity contribution in [3.05, 3.63) is 33.4 Å². The van der Waals surface area contributed by atoms with Crippen LogP contribution in [0.3, 0.4) is 0 Å². The lowest BCUT2D eigenvalue weighted by atomic mass is 10.0. The molecule has 1 aromatic rings. The van der Waals surface area contributed by atoms with Gasteiger partial charge in [-0.05, 0) is 30.7 Å².